The average molecular weight is 377 g/mol. The molecule has 0 saturated carbocycles. The van der Waals surface area contributed by atoms with Gasteiger partial charge >= 0.3 is 0 Å². The van der Waals surface area contributed by atoms with Crippen LogP contribution < -0.4 is 5.32 Å². The first kappa shape index (κ1) is 18.8. The summed E-state index contributed by atoms with van der Waals surface area (Å²) in [4.78, 5) is 16.7. The van der Waals surface area contributed by atoms with Crippen LogP contribution in [0.25, 0.3) is 0 Å². The number of aromatic nitrogens is 1. The lowest BCUT2D eigenvalue weighted by molar-refractivity contribution is -0.122. The fourth-order valence-corrected chi connectivity index (χ4v) is 3.60. The molecule has 1 aromatic heterocycles. The van der Waals surface area contributed by atoms with Crippen LogP contribution in [0.15, 0.2) is 42.7 Å². The van der Waals surface area contributed by atoms with E-state index >= 15 is 0 Å². The van der Waals surface area contributed by atoms with E-state index in [2.05, 4.69) is 10.3 Å². The highest BCUT2D eigenvalue weighted by atomic mass is 35.5. The summed E-state index contributed by atoms with van der Waals surface area (Å²) < 4.78 is 19.3. The van der Waals surface area contributed by atoms with Crippen LogP contribution in [-0.2, 0) is 16.0 Å². The second-order valence-corrected chi connectivity index (χ2v) is 6.89. The highest BCUT2D eigenvalue weighted by Gasteiger charge is 2.27. The van der Waals surface area contributed by atoms with Crippen molar-refractivity contribution in [1.29, 1.82) is 0 Å². The van der Waals surface area contributed by atoms with Crippen LogP contribution in [0.5, 0.6) is 0 Å². The lowest BCUT2D eigenvalue weighted by Crippen LogP contribution is -2.36. The van der Waals surface area contributed by atoms with Crippen molar-refractivity contribution in [1.82, 2.24) is 10.3 Å². The first-order valence-electron chi connectivity index (χ1n) is 8.85. The van der Waals surface area contributed by atoms with Gasteiger partial charge in [0, 0.05) is 42.6 Å². The Bertz CT molecular complexity index is 716. The van der Waals surface area contributed by atoms with Crippen molar-refractivity contribution in [2.24, 2.45) is 5.92 Å². The molecule has 0 radical (unpaired) electrons. The fraction of sp³-hybridized carbons (Fsp3) is 0.400. The molecule has 1 aliphatic rings. The van der Waals surface area contributed by atoms with Gasteiger partial charge in [0.15, 0.2) is 0 Å². The van der Waals surface area contributed by atoms with Gasteiger partial charge in [-0.15, -0.1) is 0 Å². The van der Waals surface area contributed by atoms with Crippen LogP contribution >= 0.6 is 11.6 Å². The second-order valence-electron chi connectivity index (χ2n) is 6.48. The predicted octanol–water partition coefficient (Wildman–Crippen LogP) is 4.09. The number of nitrogens with one attached hydrogen (secondary N) is 1. The second kappa shape index (κ2) is 9.10. The smallest absolute Gasteiger partial charge is 0.220 e. The Balaban J connectivity index is 1.67. The van der Waals surface area contributed by atoms with Crippen molar-refractivity contribution in [3.8, 4) is 0 Å². The molecule has 1 amide bonds. The van der Waals surface area contributed by atoms with Crippen molar-refractivity contribution in [2.45, 2.75) is 31.7 Å². The van der Waals surface area contributed by atoms with E-state index in [4.69, 9.17) is 16.3 Å². The van der Waals surface area contributed by atoms with E-state index < -0.39 is 0 Å². The molecule has 0 spiro atoms. The normalized spacial score (nSPS) is 16.2. The lowest BCUT2D eigenvalue weighted by Gasteiger charge is -2.31. The predicted molar refractivity (Wildman–Crippen MR) is 98.4 cm³/mol. The van der Waals surface area contributed by atoms with Gasteiger partial charge in [0.1, 0.15) is 5.82 Å². The summed E-state index contributed by atoms with van der Waals surface area (Å²) in [7, 11) is 0. The molecule has 0 aliphatic carbocycles. The summed E-state index contributed by atoms with van der Waals surface area (Å²) in [5, 5.41) is 3.46. The van der Waals surface area contributed by atoms with Crippen LogP contribution in [0.3, 0.4) is 0 Å². The SMILES string of the molecule is O=C(CCc1c(F)cccc1Cl)N[C@@H](c1cccnc1)C1CCOCC1. The van der Waals surface area contributed by atoms with E-state index in [0.717, 1.165) is 18.4 Å². The molecule has 1 aromatic carbocycles. The molecule has 0 bridgehead atoms. The summed E-state index contributed by atoms with van der Waals surface area (Å²) in [6, 6.07) is 8.28. The molecule has 1 fully saturated rings. The third kappa shape index (κ3) is 4.80. The van der Waals surface area contributed by atoms with E-state index in [1.165, 1.54) is 6.07 Å². The zero-order valence-corrected chi connectivity index (χ0v) is 15.2. The quantitative estimate of drug-likeness (QED) is 0.826. The Morgan fingerprint density at radius 3 is 2.81 bits per heavy atom. The first-order valence-corrected chi connectivity index (χ1v) is 9.23. The number of amides is 1. The molecular weight excluding hydrogens is 355 g/mol. The molecule has 1 aliphatic heterocycles. The summed E-state index contributed by atoms with van der Waals surface area (Å²) in [6.07, 6.45) is 5.73. The van der Waals surface area contributed by atoms with Gasteiger partial charge in [0.05, 0.1) is 6.04 Å². The number of hydrogen-bond acceptors (Lipinski definition) is 3. The third-order valence-electron chi connectivity index (χ3n) is 4.76. The van der Waals surface area contributed by atoms with Crippen molar-refractivity contribution in [3.05, 3.63) is 64.7 Å². The summed E-state index contributed by atoms with van der Waals surface area (Å²) in [5.41, 5.74) is 1.37. The highest BCUT2D eigenvalue weighted by Crippen LogP contribution is 2.30. The molecule has 1 N–H and O–H groups in total. The van der Waals surface area contributed by atoms with Gasteiger partial charge in [0.25, 0.3) is 0 Å². The molecule has 138 valence electrons. The number of carbonyl (C=O) groups excluding carboxylic acids is 1. The fourth-order valence-electron chi connectivity index (χ4n) is 3.34. The van der Waals surface area contributed by atoms with Crippen molar-refractivity contribution in [2.75, 3.05) is 13.2 Å². The van der Waals surface area contributed by atoms with Crippen molar-refractivity contribution >= 4 is 17.5 Å². The molecule has 3 rings (SSSR count). The third-order valence-corrected chi connectivity index (χ3v) is 5.12. The van der Waals surface area contributed by atoms with Gasteiger partial charge in [-0.3, -0.25) is 9.78 Å². The summed E-state index contributed by atoms with van der Waals surface area (Å²) in [5.74, 6) is -0.197. The molecule has 4 nitrogen and oxygen atoms in total. The molecular formula is C20H22ClFN2O2. The molecule has 0 unspecified atom stereocenters. The number of carbonyl (C=O) groups is 1. The first-order chi connectivity index (χ1) is 12.6. The van der Waals surface area contributed by atoms with E-state index in [1.54, 1.807) is 24.5 Å². The number of hydrogen-bond donors (Lipinski definition) is 1. The molecule has 2 heterocycles. The van der Waals surface area contributed by atoms with Crippen molar-refractivity contribution in [3.63, 3.8) is 0 Å². The number of ether oxygens (including phenoxy) is 1. The summed E-state index contributed by atoms with van der Waals surface area (Å²) >= 11 is 6.04. The van der Waals surface area contributed by atoms with E-state index in [9.17, 15) is 9.18 Å². The molecule has 6 heteroatoms. The Labute approximate surface area is 157 Å². The molecule has 26 heavy (non-hydrogen) atoms. The zero-order chi connectivity index (χ0) is 18.4. The Morgan fingerprint density at radius 2 is 2.12 bits per heavy atom. The van der Waals surface area contributed by atoms with Gasteiger partial charge in [-0.1, -0.05) is 23.7 Å². The van der Waals surface area contributed by atoms with Crippen LogP contribution in [0.1, 0.15) is 36.4 Å². The summed E-state index contributed by atoms with van der Waals surface area (Å²) in [6.45, 7) is 1.39. The monoisotopic (exact) mass is 376 g/mol. The van der Waals surface area contributed by atoms with E-state index in [-0.39, 0.29) is 30.6 Å². The Kier molecular flexibility index (Phi) is 6.58. The largest absolute Gasteiger partial charge is 0.381 e. The highest BCUT2D eigenvalue weighted by molar-refractivity contribution is 6.31. The van der Waals surface area contributed by atoms with Gasteiger partial charge in [-0.2, -0.15) is 0 Å². The van der Waals surface area contributed by atoms with Gasteiger partial charge in [-0.25, -0.2) is 4.39 Å². The van der Waals surface area contributed by atoms with Crippen LogP contribution in [0, 0.1) is 11.7 Å². The van der Waals surface area contributed by atoms with E-state index in [0.29, 0.717) is 29.7 Å². The maximum atomic E-state index is 13.9. The molecule has 2 aromatic rings. The minimum atomic E-state index is -0.376. The number of rotatable bonds is 6. The van der Waals surface area contributed by atoms with Gasteiger partial charge in [0.2, 0.25) is 5.91 Å². The van der Waals surface area contributed by atoms with E-state index in [1.807, 2.05) is 12.1 Å². The van der Waals surface area contributed by atoms with Crippen LogP contribution in [0.2, 0.25) is 5.02 Å². The van der Waals surface area contributed by atoms with Gasteiger partial charge < -0.3 is 10.1 Å². The Hall–Kier alpha value is -1.98. The number of pyridine rings is 1. The number of benzene rings is 1. The minimum absolute atomic E-state index is 0.115. The molecule has 1 atom stereocenters. The maximum absolute atomic E-state index is 13.9. The minimum Gasteiger partial charge on any atom is -0.381 e. The van der Waals surface area contributed by atoms with Crippen LogP contribution in [0.4, 0.5) is 4.39 Å². The zero-order valence-electron chi connectivity index (χ0n) is 14.5. The number of nitrogens with zero attached hydrogens (tertiary/aromatic N) is 1. The average Bonchev–Trinajstić information content (AvgIpc) is 2.67. The lowest BCUT2D eigenvalue weighted by atomic mass is 9.87. The Morgan fingerprint density at radius 1 is 1.31 bits per heavy atom. The maximum Gasteiger partial charge on any atom is 0.220 e. The van der Waals surface area contributed by atoms with Crippen LogP contribution in [-0.4, -0.2) is 24.1 Å². The molecule has 1 saturated heterocycles. The van der Waals surface area contributed by atoms with Crippen molar-refractivity contribution < 1.29 is 13.9 Å². The van der Waals surface area contributed by atoms with Gasteiger partial charge in [-0.05, 0) is 48.9 Å². The number of halogens is 2. The topological polar surface area (TPSA) is 51.2 Å². The standard InChI is InChI=1S/C20H22ClFN2O2/c21-17-4-1-5-18(22)16(17)6-7-19(25)24-20(14-8-11-26-12-9-14)15-3-2-10-23-13-15/h1-5,10,13-14,20H,6-9,11-12H2,(H,24,25)/t20-/m1/s1.